The van der Waals surface area contributed by atoms with Gasteiger partial charge in [0.2, 0.25) is 5.91 Å². The van der Waals surface area contributed by atoms with E-state index in [1.165, 1.54) is 7.11 Å². The normalized spacial score (nSPS) is 15.6. The Kier molecular flexibility index (Phi) is 4.81. The van der Waals surface area contributed by atoms with Crippen LogP contribution < -0.4 is 20.1 Å². The average Bonchev–Trinajstić information content (AvgIpc) is 2.56. The van der Waals surface area contributed by atoms with Gasteiger partial charge in [-0.05, 0) is 43.3 Å². The molecule has 7 heteroatoms. The third kappa shape index (κ3) is 3.85. The van der Waals surface area contributed by atoms with Crippen LogP contribution in [0, 0.1) is 0 Å². The van der Waals surface area contributed by atoms with Gasteiger partial charge in [0.15, 0.2) is 6.10 Å². The van der Waals surface area contributed by atoms with Crippen LogP contribution in [-0.4, -0.2) is 25.0 Å². The van der Waals surface area contributed by atoms with Gasteiger partial charge in [0.25, 0.3) is 5.91 Å². The summed E-state index contributed by atoms with van der Waals surface area (Å²) in [5.41, 5.74) is 1.78. The third-order valence-electron chi connectivity index (χ3n) is 3.79. The molecule has 0 aromatic heterocycles. The number of hydrogen-bond donors (Lipinski definition) is 2. The fourth-order valence-electron chi connectivity index (χ4n) is 2.55. The molecule has 0 fully saturated rings. The highest BCUT2D eigenvalue weighted by atomic mass is 35.5. The van der Waals surface area contributed by atoms with Crippen molar-refractivity contribution < 1.29 is 19.1 Å². The van der Waals surface area contributed by atoms with Gasteiger partial charge in [-0.2, -0.15) is 0 Å². The minimum absolute atomic E-state index is 0.112. The number of fused-ring (bicyclic) bond motifs is 1. The molecule has 0 radical (unpaired) electrons. The molecule has 6 nitrogen and oxygen atoms in total. The zero-order valence-electron chi connectivity index (χ0n) is 13.8. The number of amides is 2. The first-order valence-corrected chi connectivity index (χ1v) is 8.08. The maximum absolute atomic E-state index is 12.3. The van der Waals surface area contributed by atoms with E-state index in [1.807, 2.05) is 0 Å². The SMILES string of the molecule is COc1ccc(Cl)cc1CC(=O)Nc1ccc2c(c1)NC(=O)[C@@H](C)O2. The summed E-state index contributed by atoms with van der Waals surface area (Å²) in [6.07, 6.45) is -0.427. The van der Waals surface area contributed by atoms with Crippen LogP contribution in [0.25, 0.3) is 0 Å². The van der Waals surface area contributed by atoms with Gasteiger partial charge in [0.05, 0.1) is 19.2 Å². The third-order valence-corrected chi connectivity index (χ3v) is 4.02. The summed E-state index contributed by atoms with van der Waals surface area (Å²) in [6, 6.07) is 10.2. The van der Waals surface area contributed by atoms with Crippen LogP contribution in [-0.2, 0) is 16.0 Å². The van der Waals surface area contributed by atoms with Gasteiger partial charge in [-0.1, -0.05) is 11.6 Å². The molecule has 2 N–H and O–H groups in total. The number of halogens is 1. The zero-order chi connectivity index (χ0) is 18.0. The van der Waals surface area contributed by atoms with E-state index in [-0.39, 0.29) is 18.2 Å². The highest BCUT2D eigenvalue weighted by molar-refractivity contribution is 6.30. The van der Waals surface area contributed by atoms with Crippen molar-refractivity contribution in [2.45, 2.75) is 19.4 Å². The predicted molar refractivity (Wildman–Crippen MR) is 95.5 cm³/mol. The topological polar surface area (TPSA) is 76.7 Å². The van der Waals surface area contributed by atoms with Crippen LogP contribution in [0.15, 0.2) is 36.4 Å². The van der Waals surface area contributed by atoms with Crippen molar-refractivity contribution in [3.63, 3.8) is 0 Å². The minimum atomic E-state index is -0.539. The molecular formula is C18H17ClN2O4. The van der Waals surface area contributed by atoms with Gasteiger partial charge in [-0.15, -0.1) is 0 Å². The fraction of sp³-hybridized carbons (Fsp3) is 0.222. The van der Waals surface area contributed by atoms with E-state index >= 15 is 0 Å². The van der Waals surface area contributed by atoms with Crippen LogP contribution in [0.5, 0.6) is 11.5 Å². The molecule has 2 aromatic rings. The van der Waals surface area contributed by atoms with Crippen LogP contribution in [0.1, 0.15) is 12.5 Å². The van der Waals surface area contributed by atoms with Crippen LogP contribution in [0.2, 0.25) is 5.02 Å². The van der Waals surface area contributed by atoms with E-state index in [0.29, 0.717) is 33.5 Å². The molecule has 0 spiro atoms. The van der Waals surface area contributed by atoms with Crippen molar-refractivity contribution in [2.75, 3.05) is 17.7 Å². The monoisotopic (exact) mass is 360 g/mol. The lowest BCUT2D eigenvalue weighted by atomic mass is 10.1. The first-order chi connectivity index (χ1) is 12.0. The number of benzene rings is 2. The molecule has 0 bridgehead atoms. The Morgan fingerprint density at radius 2 is 2.12 bits per heavy atom. The lowest BCUT2D eigenvalue weighted by Crippen LogP contribution is -2.34. The Bertz CT molecular complexity index is 838. The van der Waals surface area contributed by atoms with Gasteiger partial charge >= 0.3 is 0 Å². The van der Waals surface area contributed by atoms with Gasteiger partial charge in [0, 0.05) is 16.3 Å². The van der Waals surface area contributed by atoms with Crippen LogP contribution >= 0.6 is 11.6 Å². The Morgan fingerprint density at radius 3 is 2.88 bits per heavy atom. The number of carbonyl (C=O) groups excluding carboxylic acids is 2. The number of carbonyl (C=O) groups is 2. The molecule has 1 aliphatic rings. The smallest absolute Gasteiger partial charge is 0.265 e. The second-order valence-corrected chi connectivity index (χ2v) is 6.08. The molecule has 0 aliphatic carbocycles. The number of anilines is 2. The Labute approximate surface area is 150 Å². The van der Waals surface area contributed by atoms with Gasteiger partial charge in [-0.3, -0.25) is 9.59 Å². The molecule has 2 aromatic carbocycles. The van der Waals surface area contributed by atoms with E-state index < -0.39 is 6.10 Å². The largest absolute Gasteiger partial charge is 0.496 e. The molecule has 3 rings (SSSR count). The van der Waals surface area contributed by atoms with Gasteiger partial charge in [-0.25, -0.2) is 0 Å². The number of rotatable bonds is 4. The summed E-state index contributed by atoms with van der Waals surface area (Å²) in [5, 5.41) is 6.07. The number of hydrogen-bond acceptors (Lipinski definition) is 4. The molecule has 25 heavy (non-hydrogen) atoms. The molecule has 0 saturated heterocycles. The molecule has 2 amide bonds. The second kappa shape index (κ2) is 7.03. The van der Waals surface area contributed by atoms with E-state index in [4.69, 9.17) is 21.1 Å². The minimum Gasteiger partial charge on any atom is -0.496 e. The standard InChI is InChI=1S/C18H17ClN2O4/c1-10-18(23)21-14-9-13(4-6-16(14)25-10)20-17(22)8-11-7-12(19)3-5-15(11)24-2/h3-7,9-10H,8H2,1-2H3,(H,20,22)(H,21,23)/t10-/m1/s1. The van der Waals surface area contributed by atoms with Crippen molar-refractivity contribution in [3.05, 3.63) is 47.0 Å². The predicted octanol–water partition coefficient (Wildman–Crippen LogP) is 3.25. The quantitative estimate of drug-likeness (QED) is 0.877. The lowest BCUT2D eigenvalue weighted by Gasteiger charge is -2.23. The summed E-state index contributed by atoms with van der Waals surface area (Å²) in [4.78, 5) is 24.0. The first kappa shape index (κ1) is 17.1. The highest BCUT2D eigenvalue weighted by Gasteiger charge is 2.23. The van der Waals surface area contributed by atoms with E-state index in [2.05, 4.69) is 10.6 Å². The number of nitrogens with one attached hydrogen (secondary N) is 2. The maximum Gasteiger partial charge on any atom is 0.265 e. The Morgan fingerprint density at radius 1 is 1.32 bits per heavy atom. The molecular weight excluding hydrogens is 344 g/mol. The van der Waals surface area contributed by atoms with E-state index in [9.17, 15) is 9.59 Å². The average molecular weight is 361 g/mol. The Hall–Kier alpha value is -2.73. The molecule has 1 atom stereocenters. The summed E-state index contributed by atoms with van der Waals surface area (Å²) in [6.45, 7) is 1.67. The number of methoxy groups -OCH3 is 1. The first-order valence-electron chi connectivity index (χ1n) is 7.70. The second-order valence-electron chi connectivity index (χ2n) is 5.64. The molecule has 130 valence electrons. The van der Waals surface area contributed by atoms with E-state index in [1.54, 1.807) is 43.3 Å². The Balaban J connectivity index is 1.73. The van der Waals surface area contributed by atoms with Crippen LogP contribution in [0.4, 0.5) is 11.4 Å². The summed E-state index contributed by atoms with van der Waals surface area (Å²) < 4.78 is 10.7. The molecule has 0 unspecified atom stereocenters. The maximum atomic E-state index is 12.3. The molecule has 0 saturated carbocycles. The van der Waals surface area contributed by atoms with Crippen molar-refractivity contribution in [1.82, 2.24) is 0 Å². The van der Waals surface area contributed by atoms with Crippen molar-refractivity contribution in [1.29, 1.82) is 0 Å². The van der Waals surface area contributed by atoms with Gasteiger partial charge < -0.3 is 20.1 Å². The van der Waals surface area contributed by atoms with Crippen molar-refractivity contribution in [3.8, 4) is 11.5 Å². The molecule has 1 heterocycles. The van der Waals surface area contributed by atoms with Crippen LogP contribution in [0.3, 0.4) is 0 Å². The van der Waals surface area contributed by atoms with Crippen molar-refractivity contribution in [2.24, 2.45) is 0 Å². The highest BCUT2D eigenvalue weighted by Crippen LogP contribution is 2.32. The summed E-state index contributed by atoms with van der Waals surface area (Å²) in [7, 11) is 1.54. The fourth-order valence-corrected chi connectivity index (χ4v) is 2.74. The number of ether oxygens (including phenoxy) is 2. The van der Waals surface area contributed by atoms with E-state index in [0.717, 1.165) is 0 Å². The summed E-state index contributed by atoms with van der Waals surface area (Å²) in [5.74, 6) is 0.720. The molecule has 1 aliphatic heterocycles. The van der Waals surface area contributed by atoms with Crippen molar-refractivity contribution >= 4 is 34.8 Å². The summed E-state index contributed by atoms with van der Waals surface area (Å²) >= 11 is 5.98. The zero-order valence-corrected chi connectivity index (χ0v) is 14.5. The lowest BCUT2D eigenvalue weighted by molar-refractivity contribution is -0.122. The van der Waals surface area contributed by atoms with Gasteiger partial charge in [0.1, 0.15) is 11.5 Å².